The highest BCUT2D eigenvalue weighted by molar-refractivity contribution is 6.02. The molecule has 0 bridgehead atoms. The van der Waals surface area contributed by atoms with Gasteiger partial charge in [-0.3, -0.25) is 14.5 Å². The Balaban J connectivity index is 2.20. The number of benzene rings is 2. The maximum Gasteiger partial charge on any atom is 0.325 e. The molecule has 0 fully saturated rings. The van der Waals surface area contributed by atoms with Crippen molar-refractivity contribution < 1.29 is 33.3 Å². The molecule has 0 heterocycles. The lowest BCUT2D eigenvalue weighted by Gasteiger charge is -2.13. The minimum Gasteiger partial charge on any atom is -0.496 e. The molecule has 2 aromatic rings. The summed E-state index contributed by atoms with van der Waals surface area (Å²) in [4.78, 5) is 26.2. The van der Waals surface area contributed by atoms with Crippen molar-refractivity contribution in [3.63, 3.8) is 0 Å². The zero-order chi connectivity index (χ0) is 23.7. The quantitative estimate of drug-likeness (QED) is 0.340. The minimum absolute atomic E-state index is 0.105. The maximum atomic E-state index is 12.5. The number of anilines is 1. The number of nitrogens with one attached hydrogen (secondary N) is 1. The van der Waals surface area contributed by atoms with E-state index in [0.29, 0.717) is 34.2 Å². The van der Waals surface area contributed by atoms with Gasteiger partial charge >= 0.3 is 5.97 Å². The van der Waals surface area contributed by atoms with E-state index in [1.54, 1.807) is 49.3 Å². The van der Waals surface area contributed by atoms with E-state index in [-0.39, 0.29) is 12.3 Å². The fourth-order valence-corrected chi connectivity index (χ4v) is 2.79. The van der Waals surface area contributed by atoms with Gasteiger partial charge in [-0.1, -0.05) is 0 Å². The van der Waals surface area contributed by atoms with Crippen LogP contribution in [0.3, 0.4) is 0 Å². The smallest absolute Gasteiger partial charge is 0.325 e. The molecule has 1 N–H and O–H groups in total. The summed E-state index contributed by atoms with van der Waals surface area (Å²) in [6.07, 6.45) is 2.92. The third-order valence-electron chi connectivity index (χ3n) is 4.25. The van der Waals surface area contributed by atoms with Gasteiger partial charge in [-0.05, 0) is 32.3 Å². The minimum atomic E-state index is -0.449. The van der Waals surface area contributed by atoms with Crippen LogP contribution in [0.1, 0.15) is 5.56 Å². The second-order valence-corrected chi connectivity index (χ2v) is 6.85. The number of carbonyl (C=O) groups is 2. The van der Waals surface area contributed by atoms with Gasteiger partial charge in [-0.2, -0.15) is 0 Å². The van der Waals surface area contributed by atoms with Crippen LogP contribution >= 0.6 is 0 Å². The number of methoxy groups -OCH3 is 4. The van der Waals surface area contributed by atoms with Crippen LogP contribution in [0.2, 0.25) is 0 Å². The summed E-state index contributed by atoms with van der Waals surface area (Å²) < 4.78 is 26.6. The number of nitrogens with zero attached hydrogens (tertiary/aromatic N) is 1. The van der Waals surface area contributed by atoms with E-state index in [2.05, 4.69) is 5.32 Å². The van der Waals surface area contributed by atoms with Crippen molar-refractivity contribution in [3.8, 4) is 28.7 Å². The van der Waals surface area contributed by atoms with E-state index in [4.69, 9.17) is 23.7 Å². The molecule has 0 unspecified atom stereocenters. The van der Waals surface area contributed by atoms with Gasteiger partial charge in [-0.15, -0.1) is 0 Å². The van der Waals surface area contributed by atoms with E-state index < -0.39 is 11.9 Å². The van der Waals surface area contributed by atoms with Crippen molar-refractivity contribution in [2.24, 2.45) is 0 Å². The van der Waals surface area contributed by atoms with Crippen LogP contribution in [-0.4, -0.2) is 65.9 Å². The molecule has 0 aromatic heterocycles. The predicted molar refractivity (Wildman–Crippen MR) is 121 cm³/mol. The molecule has 9 nitrogen and oxygen atoms in total. The molecule has 0 saturated carbocycles. The molecule has 2 rings (SSSR count). The van der Waals surface area contributed by atoms with Gasteiger partial charge in [0, 0.05) is 30.0 Å². The SMILES string of the molecule is COc1cc(OC)c(/C=C/C(=O)Nc2ccc(OC)c(OC(=O)CN(C)C)c2)c(OC)c1. The van der Waals surface area contributed by atoms with Gasteiger partial charge in [-0.25, -0.2) is 0 Å². The molecule has 0 spiro atoms. The molecule has 0 atom stereocenters. The van der Waals surface area contributed by atoms with Gasteiger partial charge < -0.3 is 29.0 Å². The maximum absolute atomic E-state index is 12.5. The summed E-state index contributed by atoms with van der Waals surface area (Å²) in [5.41, 5.74) is 1.01. The Bertz CT molecular complexity index is 961. The second kappa shape index (κ2) is 11.6. The first-order chi connectivity index (χ1) is 15.3. The van der Waals surface area contributed by atoms with Crippen molar-refractivity contribution in [2.45, 2.75) is 0 Å². The number of rotatable bonds is 10. The lowest BCUT2D eigenvalue weighted by molar-refractivity contribution is -0.135. The Labute approximate surface area is 187 Å². The van der Waals surface area contributed by atoms with Crippen LogP contribution in [0, 0.1) is 0 Å². The lowest BCUT2D eigenvalue weighted by Crippen LogP contribution is -2.25. The first kappa shape index (κ1) is 24.5. The third-order valence-corrected chi connectivity index (χ3v) is 4.25. The molecule has 0 aliphatic carbocycles. The van der Waals surface area contributed by atoms with Crippen molar-refractivity contribution in [3.05, 3.63) is 42.0 Å². The molecular formula is C23H28N2O7. The van der Waals surface area contributed by atoms with Crippen molar-refractivity contribution in [2.75, 3.05) is 54.4 Å². The molecule has 32 heavy (non-hydrogen) atoms. The van der Waals surface area contributed by atoms with Crippen molar-refractivity contribution >= 4 is 23.6 Å². The fourth-order valence-electron chi connectivity index (χ4n) is 2.79. The summed E-state index contributed by atoms with van der Waals surface area (Å²) in [5, 5.41) is 2.73. The first-order valence-electron chi connectivity index (χ1n) is 9.63. The second-order valence-electron chi connectivity index (χ2n) is 6.85. The van der Waals surface area contributed by atoms with E-state index >= 15 is 0 Å². The molecule has 0 radical (unpaired) electrons. The number of likely N-dealkylation sites (N-methyl/N-ethyl adjacent to an activating group) is 1. The first-order valence-corrected chi connectivity index (χ1v) is 9.63. The molecule has 0 aliphatic rings. The number of hydrogen-bond acceptors (Lipinski definition) is 8. The van der Waals surface area contributed by atoms with Gasteiger partial charge in [0.25, 0.3) is 0 Å². The highest BCUT2D eigenvalue weighted by Crippen LogP contribution is 2.35. The number of esters is 1. The average molecular weight is 444 g/mol. The molecule has 0 aliphatic heterocycles. The van der Waals surface area contributed by atoms with E-state index in [9.17, 15) is 9.59 Å². The monoisotopic (exact) mass is 444 g/mol. The van der Waals surface area contributed by atoms with Crippen LogP contribution in [0.25, 0.3) is 6.08 Å². The van der Waals surface area contributed by atoms with Crippen LogP contribution in [-0.2, 0) is 9.59 Å². The molecule has 9 heteroatoms. The van der Waals surface area contributed by atoms with E-state index in [1.807, 2.05) is 0 Å². The zero-order valence-corrected chi connectivity index (χ0v) is 19.1. The number of amides is 1. The molecule has 0 saturated heterocycles. The predicted octanol–water partition coefficient (Wildman–Crippen LogP) is 2.84. The Morgan fingerprint density at radius 1 is 0.875 bits per heavy atom. The topological polar surface area (TPSA) is 95.6 Å². The highest BCUT2D eigenvalue weighted by atomic mass is 16.6. The largest absolute Gasteiger partial charge is 0.496 e. The van der Waals surface area contributed by atoms with Crippen LogP contribution in [0.4, 0.5) is 5.69 Å². The lowest BCUT2D eigenvalue weighted by atomic mass is 10.1. The molecule has 172 valence electrons. The third kappa shape index (κ3) is 6.64. The fraction of sp³-hybridized carbons (Fsp3) is 0.304. The van der Waals surface area contributed by atoms with Gasteiger partial charge in [0.2, 0.25) is 5.91 Å². The van der Waals surface area contributed by atoms with Crippen LogP contribution in [0.5, 0.6) is 28.7 Å². The van der Waals surface area contributed by atoms with E-state index in [0.717, 1.165) is 0 Å². The van der Waals surface area contributed by atoms with Gasteiger partial charge in [0.1, 0.15) is 17.2 Å². The summed E-state index contributed by atoms with van der Waals surface area (Å²) >= 11 is 0. The Morgan fingerprint density at radius 2 is 1.50 bits per heavy atom. The summed E-state index contributed by atoms with van der Waals surface area (Å²) in [6, 6.07) is 8.15. The standard InChI is InChI=1S/C23H28N2O7/c1-25(2)14-23(27)32-21-11-15(7-9-18(21)29-4)24-22(26)10-8-17-19(30-5)12-16(28-3)13-20(17)31-6/h7-13H,14H2,1-6H3,(H,24,26)/b10-8+. The normalized spacial score (nSPS) is 10.7. The number of ether oxygens (including phenoxy) is 5. The van der Waals surface area contributed by atoms with E-state index in [1.165, 1.54) is 40.6 Å². The number of carbonyl (C=O) groups excluding carboxylic acids is 2. The van der Waals surface area contributed by atoms with Crippen LogP contribution < -0.4 is 29.0 Å². The summed E-state index contributed by atoms with van der Waals surface area (Å²) in [7, 11) is 9.56. The number of hydrogen-bond donors (Lipinski definition) is 1. The Hall–Kier alpha value is -3.72. The molecule has 2 aromatic carbocycles. The van der Waals surface area contributed by atoms with Gasteiger partial charge in [0.05, 0.1) is 40.5 Å². The molecular weight excluding hydrogens is 416 g/mol. The summed E-state index contributed by atoms with van der Waals surface area (Å²) in [5.74, 6) is 1.28. The van der Waals surface area contributed by atoms with Gasteiger partial charge in [0.15, 0.2) is 11.5 Å². The highest BCUT2D eigenvalue weighted by Gasteiger charge is 2.14. The van der Waals surface area contributed by atoms with Crippen LogP contribution in [0.15, 0.2) is 36.4 Å². The average Bonchev–Trinajstić information content (AvgIpc) is 2.76. The van der Waals surface area contributed by atoms with Crippen molar-refractivity contribution in [1.82, 2.24) is 4.90 Å². The summed E-state index contributed by atoms with van der Waals surface area (Å²) in [6.45, 7) is 0.105. The van der Waals surface area contributed by atoms with Crippen molar-refractivity contribution in [1.29, 1.82) is 0 Å². The zero-order valence-electron chi connectivity index (χ0n) is 19.1. The Kier molecular flexibility index (Phi) is 8.91. The molecule has 1 amide bonds. The Morgan fingerprint density at radius 3 is 2.03 bits per heavy atom.